The van der Waals surface area contributed by atoms with E-state index in [4.69, 9.17) is 4.74 Å². The number of ketones is 1. The first-order chi connectivity index (χ1) is 9.13. The molecular formula is C14H17F2NO2. The summed E-state index contributed by atoms with van der Waals surface area (Å²) in [7, 11) is 0. The lowest BCUT2D eigenvalue weighted by Gasteiger charge is -2.18. The summed E-state index contributed by atoms with van der Waals surface area (Å²) >= 11 is 0. The molecule has 1 fully saturated rings. The first kappa shape index (κ1) is 14.1. The third-order valence-electron chi connectivity index (χ3n) is 3.27. The van der Waals surface area contributed by atoms with Gasteiger partial charge < -0.3 is 10.1 Å². The van der Waals surface area contributed by atoms with E-state index >= 15 is 0 Å². The number of carbonyl (C=O) groups excluding carboxylic acids is 1. The van der Waals surface area contributed by atoms with Crippen molar-refractivity contribution in [1.82, 2.24) is 5.32 Å². The molecule has 0 aromatic heterocycles. The number of carbonyl (C=O) groups is 1. The summed E-state index contributed by atoms with van der Waals surface area (Å²) in [4.78, 5) is 12.3. The molecule has 104 valence electrons. The van der Waals surface area contributed by atoms with Gasteiger partial charge in [-0.3, -0.25) is 4.79 Å². The van der Waals surface area contributed by atoms with Crippen LogP contribution in [0.5, 0.6) is 0 Å². The van der Waals surface area contributed by atoms with E-state index in [0.29, 0.717) is 6.61 Å². The van der Waals surface area contributed by atoms with Crippen molar-refractivity contribution in [2.75, 3.05) is 19.8 Å². The number of nitrogens with one attached hydrogen (secondary N) is 1. The number of hydrogen-bond acceptors (Lipinski definition) is 3. The lowest BCUT2D eigenvalue weighted by Crippen LogP contribution is -2.39. The molecule has 0 saturated carbocycles. The Labute approximate surface area is 111 Å². The first-order valence-corrected chi connectivity index (χ1v) is 6.44. The number of Topliss-reactive ketones (excluding diaryl/α,β-unsaturated/α-hetero) is 1. The maximum atomic E-state index is 13.6. The van der Waals surface area contributed by atoms with E-state index in [-0.39, 0.29) is 18.2 Å². The fraction of sp³-hybridized carbons (Fsp3) is 0.500. The number of rotatable bonds is 5. The number of halogens is 2. The van der Waals surface area contributed by atoms with Gasteiger partial charge in [-0.2, -0.15) is 0 Å². The van der Waals surface area contributed by atoms with Gasteiger partial charge in [-0.1, -0.05) is 6.92 Å². The Balaban J connectivity index is 2.16. The van der Waals surface area contributed by atoms with E-state index in [1.165, 1.54) is 0 Å². The summed E-state index contributed by atoms with van der Waals surface area (Å²) in [6.07, 6.45) is 0.936. The molecule has 0 amide bonds. The van der Waals surface area contributed by atoms with E-state index < -0.39 is 23.3 Å². The molecule has 1 aliphatic rings. The second-order valence-electron chi connectivity index (χ2n) is 4.69. The molecule has 5 heteroatoms. The lowest BCUT2D eigenvalue weighted by atomic mass is 9.93. The molecule has 0 bridgehead atoms. The Bertz CT molecular complexity index is 465. The molecule has 19 heavy (non-hydrogen) atoms. The Kier molecular flexibility index (Phi) is 4.61. The highest BCUT2D eigenvalue weighted by Gasteiger charge is 2.35. The predicted molar refractivity (Wildman–Crippen MR) is 67.1 cm³/mol. The molecule has 1 aromatic carbocycles. The fourth-order valence-corrected chi connectivity index (χ4v) is 2.23. The van der Waals surface area contributed by atoms with E-state index in [9.17, 15) is 13.6 Å². The molecule has 1 heterocycles. The quantitative estimate of drug-likeness (QED) is 0.832. The van der Waals surface area contributed by atoms with Gasteiger partial charge in [-0.05, 0) is 31.2 Å². The summed E-state index contributed by atoms with van der Waals surface area (Å²) in [6.45, 7) is 3.46. The number of hydrogen-bond donors (Lipinski definition) is 1. The van der Waals surface area contributed by atoms with Crippen LogP contribution in [-0.4, -0.2) is 31.6 Å². The topological polar surface area (TPSA) is 38.3 Å². The van der Waals surface area contributed by atoms with Crippen LogP contribution in [0.25, 0.3) is 0 Å². The maximum absolute atomic E-state index is 13.6. The van der Waals surface area contributed by atoms with E-state index in [1.54, 1.807) is 0 Å². The normalized spacial score (nSPS) is 22.7. The van der Waals surface area contributed by atoms with Crippen molar-refractivity contribution in [3.05, 3.63) is 35.4 Å². The maximum Gasteiger partial charge on any atom is 0.172 e. The van der Waals surface area contributed by atoms with Crippen LogP contribution in [0, 0.1) is 17.6 Å². The van der Waals surface area contributed by atoms with Crippen LogP contribution in [0.2, 0.25) is 0 Å². The van der Waals surface area contributed by atoms with Crippen molar-refractivity contribution in [3.63, 3.8) is 0 Å². The minimum Gasteiger partial charge on any atom is -0.379 e. The van der Waals surface area contributed by atoms with Crippen LogP contribution < -0.4 is 5.32 Å². The van der Waals surface area contributed by atoms with E-state index in [1.807, 2.05) is 6.92 Å². The Morgan fingerprint density at radius 3 is 2.95 bits per heavy atom. The van der Waals surface area contributed by atoms with Gasteiger partial charge in [0.25, 0.3) is 0 Å². The minimum atomic E-state index is -0.687. The highest BCUT2D eigenvalue weighted by Crippen LogP contribution is 2.21. The van der Waals surface area contributed by atoms with Crippen LogP contribution in [0.4, 0.5) is 8.78 Å². The van der Waals surface area contributed by atoms with Crippen LogP contribution in [0.3, 0.4) is 0 Å². The number of benzene rings is 1. The van der Waals surface area contributed by atoms with Crippen molar-refractivity contribution >= 4 is 5.78 Å². The zero-order valence-corrected chi connectivity index (χ0v) is 10.8. The Morgan fingerprint density at radius 2 is 2.21 bits per heavy atom. The summed E-state index contributed by atoms with van der Waals surface area (Å²) in [5.41, 5.74) is -0.196. The largest absolute Gasteiger partial charge is 0.379 e. The standard InChI is InChI=1S/C14H17F2NO2/c1-2-5-17-13-8-19-7-11(13)14(18)10-6-9(15)3-4-12(10)16/h3-4,6,11,13,17H,2,5,7-8H2,1H3. The monoisotopic (exact) mass is 269 g/mol. The summed E-state index contributed by atoms with van der Waals surface area (Å²) in [6, 6.07) is 2.80. The Hall–Kier alpha value is -1.33. The van der Waals surface area contributed by atoms with Crippen molar-refractivity contribution in [2.24, 2.45) is 5.92 Å². The molecule has 0 aliphatic carbocycles. The highest BCUT2D eigenvalue weighted by molar-refractivity contribution is 5.98. The predicted octanol–water partition coefficient (Wildman–Crippen LogP) is 2.16. The van der Waals surface area contributed by atoms with Gasteiger partial charge in [-0.15, -0.1) is 0 Å². The molecule has 1 aromatic rings. The minimum absolute atomic E-state index is 0.130. The molecule has 2 rings (SSSR count). The molecule has 1 N–H and O–H groups in total. The average Bonchev–Trinajstić information content (AvgIpc) is 2.86. The van der Waals surface area contributed by atoms with Crippen LogP contribution in [-0.2, 0) is 4.74 Å². The van der Waals surface area contributed by atoms with Gasteiger partial charge in [0.2, 0.25) is 0 Å². The third-order valence-corrected chi connectivity index (χ3v) is 3.27. The van der Waals surface area contributed by atoms with Gasteiger partial charge in [0.1, 0.15) is 11.6 Å². The average molecular weight is 269 g/mol. The van der Waals surface area contributed by atoms with Crippen molar-refractivity contribution in [2.45, 2.75) is 19.4 Å². The Morgan fingerprint density at radius 1 is 1.42 bits per heavy atom. The molecule has 1 aliphatic heterocycles. The molecule has 3 nitrogen and oxygen atoms in total. The molecule has 2 unspecified atom stereocenters. The van der Waals surface area contributed by atoms with Gasteiger partial charge in [0, 0.05) is 6.04 Å². The SMILES string of the molecule is CCCNC1COCC1C(=O)c1cc(F)ccc1F. The van der Waals surface area contributed by atoms with Crippen molar-refractivity contribution < 1.29 is 18.3 Å². The molecular weight excluding hydrogens is 252 g/mol. The molecule has 0 spiro atoms. The van der Waals surface area contributed by atoms with Crippen LogP contribution >= 0.6 is 0 Å². The summed E-state index contributed by atoms with van der Waals surface area (Å²) < 4.78 is 32.0. The van der Waals surface area contributed by atoms with E-state index in [2.05, 4.69) is 5.32 Å². The van der Waals surface area contributed by atoms with Gasteiger partial charge >= 0.3 is 0 Å². The second-order valence-corrected chi connectivity index (χ2v) is 4.69. The van der Waals surface area contributed by atoms with E-state index in [0.717, 1.165) is 31.2 Å². The zero-order valence-electron chi connectivity index (χ0n) is 10.8. The lowest BCUT2D eigenvalue weighted by molar-refractivity contribution is 0.0887. The fourth-order valence-electron chi connectivity index (χ4n) is 2.23. The van der Waals surface area contributed by atoms with Crippen LogP contribution in [0.15, 0.2) is 18.2 Å². The first-order valence-electron chi connectivity index (χ1n) is 6.44. The number of ether oxygens (including phenoxy) is 1. The summed E-state index contributed by atoms with van der Waals surface area (Å²) in [5.74, 6) is -2.15. The van der Waals surface area contributed by atoms with Gasteiger partial charge in [0.15, 0.2) is 5.78 Å². The van der Waals surface area contributed by atoms with Gasteiger partial charge in [0.05, 0.1) is 24.7 Å². The molecule has 2 atom stereocenters. The third kappa shape index (κ3) is 3.16. The zero-order chi connectivity index (χ0) is 13.8. The molecule has 0 radical (unpaired) electrons. The van der Waals surface area contributed by atoms with Crippen molar-refractivity contribution in [3.8, 4) is 0 Å². The van der Waals surface area contributed by atoms with Crippen molar-refractivity contribution in [1.29, 1.82) is 0 Å². The molecule has 1 saturated heterocycles. The highest BCUT2D eigenvalue weighted by atomic mass is 19.1. The smallest absolute Gasteiger partial charge is 0.172 e. The summed E-state index contributed by atoms with van der Waals surface area (Å²) in [5, 5.41) is 3.20. The van der Waals surface area contributed by atoms with Gasteiger partial charge in [-0.25, -0.2) is 8.78 Å². The second kappa shape index (κ2) is 6.21. The van der Waals surface area contributed by atoms with Crippen LogP contribution in [0.1, 0.15) is 23.7 Å².